The van der Waals surface area contributed by atoms with Crippen molar-refractivity contribution in [2.24, 2.45) is 0 Å². The molecule has 0 aromatic heterocycles. The monoisotopic (exact) mass is 140 g/mol. The Kier molecular flexibility index (Phi) is 9.22. The Labute approximate surface area is 63.1 Å². The van der Waals surface area contributed by atoms with Crippen LogP contribution in [0.1, 0.15) is 0 Å². The molecule has 0 atom stereocenters. The van der Waals surface area contributed by atoms with Crippen molar-refractivity contribution in [3.8, 4) is 0 Å². The SMILES string of the molecule is C=C=[N+](C)C.C=C=[N+](C)C. The molecule has 0 bridgehead atoms. The zero-order valence-corrected chi connectivity index (χ0v) is 7.31. The van der Waals surface area contributed by atoms with Gasteiger partial charge < -0.3 is 0 Å². The van der Waals surface area contributed by atoms with E-state index in [2.05, 4.69) is 24.9 Å². The van der Waals surface area contributed by atoms with Gasteiger partial charge in [-0.15, -0.1) is 0 Å². The highest BCUT2D eigenvalue weighted by Crippen LogP contribution is 1.36. The predicted molar refractivity (Wildman–Crippen MR) is 45.5 cm³/mol. The first-order chi connectivity index (χ1) is 4.54. The molecule has 0 fully saturated rings. The first-order valence-electron chi connectivity index (χ1n) is 2.94. The van der Waals surface area contributed by atoms with Crippen LogP contribution in [-0.4, -0.2) is 49.1 Å². The molecule has 0 spiro atoms. The summed E-state index contributed by atoms with van der Waals surface area (Å²) >= 11 is 0. The summed E-state index contributed by atoms with van der Waals surface area (Å²) in [6.07, 6.45) is 0. The van der Waals surface area contributed by atoms with Gasteiger partial charge in [-0.25, -0.2) is 0 Å². The van der Waals surface area contributed by atoms with Crippen LogP contribution in [0.15, 0.2) is 13.2 Å². The van der Waals surface area contributed by atoms with Crippen LogP contribution >= 0.6 is 0 Å². The molecule has 0 aromatic rings. The molecule has 0 saturated heterocycles. The molecular formula is C8H16N2+2. The Morgan fingerprint density at radius 2 is 0.900 bits per heavy atom. The summed E-state index contributed by atoms with van der Waals surface area (Å²) in [5.41, 5.74) is 0. The molecule has 0 heterocycles. The summed E-state index contributed by atoms with van der Waals surface area (Å²) in [6.45, 7) is 6.72. The maximum absolute atomic E-state index is 3.36. The molecule has 0 unspecified atom stereocenters. The van der Waals surface area contributed by atoms with Gasteiger partial charge in [-0.1, -0.05) is 0 Å². The van der Waals surface area contributed by atoms with E-state index in [0.29, 0.717) is 0 Å². The molecule has 2 heteroatoms. The Morgan fingerprint density at radius 1 is 0.800 bits per heavy atom. The third-order valence-electron chi connectivity index (χ3n) is 0.632. The number of hydrogen-bond acceptors (Lipinski definition) is 0. The standard InChI is InChI=1S/2C4H8N/c2*1-4-5(2)3/h2*1H2,2-3H3/q2*+1. The number of hydrogen-bond donors (Lipinski definition) is 0. The lowest BCUT2D eigenvalue weighted by Gasteiger charge is -1.65. The minimum atomic E-state index is 1.76. The third kappa shape index (κ3) is 28.6. The lowest BCUT2D eigenvalue weighted by molar-refractivity contribution is -0.456. The molecule has 0 rings (SSSR count). The van der Waals surface area contributed by atoms with Crippen molar-refractivity contribution < 1.29 is 9.15 Å². The van der Waals surface area contributed by atoms with Crippen molar-refractivity contribution in [2.75, 3.05) is 28.2 Å². The highest BCUT2D eigenvalue weighted by atomic mass is 14.9. The van der Waals surface area contributed by atoms with Gasteiger partial charge in [-0.3, -0.25) is 0 Å². The summed E-state index contributed by atoms with van der Waals surface area (Å²) in [5.74, 6) is 5.22. The van der Waals surface area contributed by atoms with E-state index in [9.17, 15) is 0 Å². The molecule has 10 heavy (non-hydrogen) atoms. The lowest BCUT2D eigenvalue weighted by Crippen LogP contribution is -1.89. The largest absolute Gasteiger partial charge is 0.194 e. The number of rotatable bonds is 0. The Hall–Kier alpha value is -1.10. The topological polar surface area (TPSA) is 6.02 Å². The van der Waals surface area contributed by atoms with Crippen LogP contribution in [0.5, 0.6) is 0 Å². The zero-order chi connectivity index (χ0) is 8.57. The van der Waals surface area contributed by atoms with Gasteiger partial charge in [0.2, 0.25) is 0 Å². The van der Waals surface area contributed by atoms with E-state index in [1.165, 1.54) is 0 Å². The molecule has 0 aromatic carbocycles. The maximum atomic E-state index is 3.36. The van der Waals surface area contributed by atoms with Crippen molar-refractivity contribution in [3.05, 3.63) is 13.2 Å². The van der Waals surface area contributed by atoms with Crippen LogP contribution in [0.25, 0.3) is 0 Å². The smallest absolute Gasteiger partial charge is 0.158 e. The van der Waals surface area contributed by atoms with Crippen molar-refractivity contribution in [1.82, 2.24) is 0 Å². The molecule has 0 amide bonds. The fraction of sp³-hybridized carbons (Fsp3) is 0.500. The highest BCUT2D eigenvalue weighted by molar-refractivity contribution is 5.39. The molecule has 56 valence electrons. The molecule has 0 aliphatic rings. The van der Waals surface area contributed by atoms with Crippen LogP contribution in [0.3, 0.4) is 0 Å². The lowest BCUT2D eigenvalue weighted by atomic mass is 11.0. The van der Waals surface area contributed by atoms with Gasteiger partial charge in [-0.2, -0.15) is 9.15 Å². The van der Waals surface area contributed by atoms with Gasteiger partial charge in [0, 0.05) is 13.2 Å². The van der Waals surface area contributed by atoms with Gasteiger partial charge in [0.15, 0.2) is 11.7 Å². The van der Waals surface area contributed by atoms with Gasteiger partial charge in [0.25, 0.3) is 0 Å². The summed E-state index contributed by atoms with van der Waals surface area (Å²) < 4.78 is 3.53. The average molecular weight is 140 g/mol. The van der Waals surface area contributed by atoms with Crippen molar-refractivity contribution in [3.63, 3.8) is 0 Å². The zero-order valence-electron chi connectivity index (χ0n) is 7.31. The summed E-state index contributed by atoms with van der Waals surface area (Å²) in [7, 11) is 7.53. The fourth-order valence-corrected chi connectivity index (χ4v) is 0. The highest BCUT2D eigenvalue weighted by Gasteiger charge is 1.61. The maximum Gasteiger partial charge on any atom is 0.158 e. The average Bonchev–Trinajstić information content (AvgIpc) is 1.89. The van der Waals surface area contributed by atoms with E-state index < -0.39 is 0 Å². The Morgan fingerprint density at radius 3 is 0.900 bits per heavy atom. The van der Waals surface area contributed by atoms with Crippen molar-refractivity contribution in [2.45, 2.75) is 0 Å². The molecule has 0 aliphatic carbocycles. The molecule has 0 saturated carbocycles. The minimum absolute atomic E-state index is 1.76. The van der Waals surface area contributed by atoms with Gasteiger partial charge >= 0.3 is 0 Å². The van der Waals surface area contributed by atoms with Crippen molar-refractivity contribution >= 4 is 11.7 Å². The van der Waals surface area contributed by atoms with Gasteiger partial charge in [0.1, 0.15) is 28.2 Å². The fourth-order valence-electron chi connectivity index (χ4n) is 0. The second-order valence-electron chi connectivity index (χ2n) is 2.11. The molecule has 0 N–H and O–H groups in total. The van der Waals surface area contributed by atoms with E-state index in [-0.39, 0.29) is 0 Å². The van der Waals surface area contributed by atoms with E-state index in [0.717, 1.165) is 0 Å². The first kappa shape index (κ1) is 11.7. The normalized spacial score (nSPS) is 6.00. The van der Waals surface area contributed by atoms with Crippen molar-refractivity contribution in [1.29, 1.82) is 0 Å². The summed E-state index contributed by atoms with van der Waals surface area (Å²) in [4.78, 5) is 0. The summed E-state index contributed by atoms with van der Waals surface area (Å²) in [6, 6.07) is 0. The second kappa shape index (κ2) is 7.90. The summed E-state index contributed by atoms with van der Waals surface area (Å²) in [5, 5.41) is 0. The first-order valence-corrected chi connectivity index (χ1v) is 2.94. The van der Waals surface area contributed by atoms with E-state index in [1.807, 2.05) is 28.2 Å². The molecule has 0 aliphatic heterocycles. The Bertz CT molecular complexity index is 149. The molecule has 2 nitrogen and oxygen atoms in total. The minimum Gasteiger partial charge on any atom is -0.194 e. The van der Waals surface area contributed by atoms with Crippen LogP contribution < -0.4 is 0 Å². The Balaban J connectivity index is 0. The van der Waals surface area contributed by atoms with Gasteiger partial charge in [0.05, 0.1) is 0 Å². The van der Waals surface area contributed by atoms with Crippen LogP contribution in [0.4, 0.5) is 0 Å². The quantitative estimate of drug-likeness (QED) is 0.335. The van der Waals surface area contributed by atoms with E-state index in [1.54, 1.807) is 9.15 Å². The van der Waals surface area contributed by atoms with E-state index >= 15 is 0 Å². The third-order valence-corrected chi connectivity index (χ3v) is 0.632. The van der Waals surface area contributed by atoms with Crippen LogP contribution in [-0.2, 0) is 0 Å². The van der Waals surface area contributed by atoms with E-state index in [4.69, 9.17) is 0 Å². The molecular weight excluding hydrogens is 124 g/mol. The van der Waals surface area contributed by atoms with Gasteiger partial charge in [-0.05, 0) is 0 Å². The molecule has 0 radical (unpaired) electrons. The van der Waals surface area contributed by atoms with Crippen LogP contribution in [0, 0.1) is 0 Å². The van der Waals surface area contributed by atoms with Crippen LogP contribution in [0.2, 0.25) is 0 Å². The second-order valence-corrected chi connectivity index (χ2v) is 2.11. The number of nitrogens with zero attached hydrogens (tertiary/aromatic N) is 2. The predicted octanol–water partition coefficient (Wildman–Crippen LogP) is 0.228.